The Bertz CT molecular complexity index is 242. The fraction of sp³-hybridized carbons (Fsp3) is 0.167. The van der Waals surface area contributed by atoms with Crippen molar-refractivity contribution < 1.29 is 9.90 Å². The van der Waals surface area contributed by atoms with Crippen molar-refractivity contribution in [3.05, 3.63) is 18.0 Å². The van der Waals surface area contributed by atoms with Gasteiger partial charge in [0.15, 0.2) is 0 Å². The molecule has 4 nitrogen and oxygen atoms in total. The van der Waals surface area contributed by atoms with Crippen molar-refractivity contribution in [2.45, 2.75) is 0 Å². The van der Waals surface area contributed by atoms with Crippen LogP contribution in [0.5, 0.6) is 5.75 Å². The third-order valence-corrected chi connectivity index (χ3v) is 1.14. The van der Waals surface area contributed by atoms with Gasteiger partial charge in [-0.15, -0.1) is 0 Å². The number of carbonyl (C=O) groups is 1. The summed E-state index contributed by atoms with van der Waals surface area (Å²) in [4.78, 5) is 13.4. The Hall–Kier alpha value is -1.45. The fourth-order valence-electron chi connectivity index (χ4n) is 0.649. The van der Waals surface area contributed by atoms with Crippen LogP contribution >= 0.6 is 0 Å². The molecule has 0 aromatic carbocycles. The summed E-state index contributed by atoms with van der Waals surface area (Å²) < 4.78 is 0. The number of aromatic nitrogens is 1. The molecule has 0 aliphatic rings. The van der Waals surface area contributed by atoms with Crippen LogP contribution in [0, 0.1) is 0 Å². The molecule has 0 unspecified atom stereocenters. The number of nitrogens with one attached hydrogen (secondary N) is 2. The first kappa shape index (κ1) is 6.67. The first-order valence-electron chi connectivity index (χ1n) is 2.83. The minimum atomic E-state index is -0.236. The van der Waals surface area contributed by atoms with Crippen LogP contribution < -0.4 is 5.32 Å². The van der Waals surface area contributed by atoms with Crippen molar-refractivity contribution >= 4 is 5.91 Å². The van der Waals surface area contributed by atoms with Gasteiger partial charge in [0.25, 0.3) is 5.91 Å². The van der Waals surface area contributed by atoms with Crippen LogP contribution in [0.15, 0.2) is 12.3 Å². The zero-order valence-corrected chi connectivity index (χ0v) is 5.51. The van der Waals surface area contributed by atoms with Gasteiger partial charge in [0.1, 0.15) is 11.4 Å². The van der Waals surface area contributed by atoms with Crippen LogP contribution in [0.3, 0.4) is 0 Å². The zero-order chi connectivity index (χ0) is 7.56. The SMILES string of the molecule is CNC(=O)c1cc(O)c[nH]1. The standard InChI is InChI=1S/C6H8N2O2/c1-7-6(10)5-2-4(9)3-8-5/h2-3,8-9H,1H3,(H,7,10). The van der Waals surface area contributed by atoms with Crippen molar-refractivity contribution in [2.75, 3.05) is 7.05 Å². The van der Waals surface area contributed by atoms with Crippen molar-refractivity contribution in [3.8, 4) is 5.75 Å². The summed E-state index contributed by atoms with van der Waals surface area (Å²) in [5.74, 6) is -0.168. The lowest BCUT2D eigenvalue weighted by Crippen LogP contribution is -2.17. The molecule has 1 aromatic rings. The number of aromatic amines is 1. The highest BCUT2D eigenvalue weighted by Crippen LogP contribution is 2.08. The normalized spacial score (nSPS) is 9.30. The first-order chi connectivity index (χ1) is 4.74. The van der Waals surface area contributed by atoms with Crippen LogP contribution in [0.4, 0.5) is 0 Å². The fourth-order valence-corrected chi connectivity index (χ4v) is 0.649. The number of hydrogen-bond donors (Lipinski definition) is 3. The molecule has 1 rings (SSSR count). The molecule has 4 heteroatoms. The van der Waals surface area contributed by atoms with Crippen LogP contribution in [0.1, 0.15) is 10.5 Å². The third-order valence-electron chi connectivity index (χ3n) is 1.14. The van der Waals surface area contributed by atoms with E-state index >= 15 is 0 Å². The Morgan fingerprint density at radius 1 is 1.80 bits per heavy atom. The van der Waals surface area contributed by atoms with Gasteiger partial charge in [-0.3, -0.25) is 4.79 Å². The minimum Gasteiger partial charge on any atom is -0.506 e. The van der Waals surface area contributed by atoms with Gasteiger partial charge >= 0.3 is 0 Å². The Morgan fingerprint density at radius 2 is 2.50 bits per heavy atom. The van der Waals surface area contributed by atoms with Gasteiger partial charge in [0.05, 0.1) is 0 Å². The summed E-state index contributed by atoms with van der Waals surface area (Å²) in [5.41, 5.74) is 0.361. The predicted molar refractivity (Wildman–Crippen MR) is 35.8 cm³/mol. The maximum Gasteiger partial charge on any atom is 0.267 e. The predicted octanol–water partition coefficient (Wildman–Crippen LogP) is 0.0799. The van der Waals surface area contributed by atoms with Gasteiger partial charge in [-0.1, -0.05) is 0 Å². The van der Waals surface area contributed by atoms with Crippen molar-refractivity contribution in [3.63, 3.8) is 0 Å². The maximum absolute atomic E-state index is 10.8. The van der Waals surface area contributed by atoms with E-state index in [1.54, 1.807) is 0 Å². The first-order valence-corrected chi connectivity index (χ1v) is 2.83. The lowest BCUT2D eigenvalue weighted by molar-refractivity contribution is 0.0958. The molecular weight excluding hydrogens is 132 g/mol. The Balaban J connectivity index is 2.85. The van der Waals surface area contributed by atoms with E-state index in [1.807, 2.05) is 0 Å². The van der Waals surface area contributed by atoms with E-state index in [-0.39, 0.29) is 11.7 Å². The molecule has 0 radical (unpaired) electrons. The summed E-state index contributed by atoms with van der Waals surface area (Å²) >= 11 is 0. The number of H-pyrrole nitrogens is 1. The lowest BCUT2D eigenvalue weighted by atomic mass is 10.4. The second-order valence-corrected chi connectivity index (χ2v) is 1.85. The van der Waals surface area contributed by atoms with Gasteiger partial charge in [-0.2, -0.15) is 0 Å². The molecule has 0 fully saturated rings. The Kier molecular flexibility index (Phi) is 1.62. The van der Waals surface area contributed by atoms with E-state index in [0.29, 0.717) is 5.69 Å². The molecular formula is C6H8N2O2. The lowest BCUT2D eigenvalue weighted by Gasteiger charge is -1.91. The monoisotopic (exact) mass is 140 g/mol. The highest BCUT2D eigenvalue weighted by Gasteiger charge is 2.03. The number of hydrogen-bond acceptors (Lipinski definition) is 2. The highest BCUT2D eigenvalue weighted by molar-refractivity contribution is 5.92. The van der Waals surface area contributed by atoms with E-state index in [9.17, 15) is 4.79 Å². The summed E-state index contributed by atoms with van der Waals surface area (Å²) in [6.07, 6.45) is 1.35. The number of aromatic hydroxyl groups is 1. The average molecular weight is 140 g/mol. The second kappa shape index (κ2) is 2.43. The molecule has 0 aliphatic heterocycles. The molecule has 54 valence electrons. The van der Waals surface area contributed by atoms with Crippen LogP contribution in [0.25, 0.3) is 0 Å². The summed E-state index contributed by atoms with van der Waals surface area (Å²) in [6.45, 7) is 0. The van der Waals surface area contributed by atoms with Crippen molar-refractivity contribution in [1.29, 1.82) is 0 Å². The Labute approximate surface area is 57.9 Å². The Morgan fingerprint density at radius 3 is 2.90 bits per heavy atom. The smallest absolute Gasteiger partial charge is 0.267 e. The quantitative estimate of drug-likeness (QED) is 0.517. The minimum absolute atomic E-state index is 0.0681. The molecule has 0 saturated carbocycles. The van der Waals surface area contributed by atoms with Crippen LogP contribution in [-0.2, 0) is 0 Å². The van der Waals surface area contributed by atoms with Gasteiger partial charge in [-0.05, 0) is 0 Å². The molecule has 0 aliphatic carbocycles. The second-order valence-electron chi connectivity index (χ2n) is 1.85. The topological polar surface area (TPSA) is 65.1 Å². The molecule has 0 bridgehead atoms. The summed E-state index contributed by atoms with van der Waals surface area (Å²) in [7, 11) is 1.53. The van der Waals surface area contributed by atoms with E-state index in [1.165, 1.54) is 19.3 Å². The average Bonchev–Trinajstić information content (AvgIpc) is 2.34. The molecule has 0 spiro atoms. The molecule has 1 heterocycles. The van der Waals surface area contributed by atoms with Crippen molar-refractivity contribution in [1.82, 2.24) is 10.3 Å². The van der Waals surface area contributed by atoms with Crippen molar-refractivity contribution in [2.24, 2.45) is 0 Å². The highest BCUT2D eigenvalue weighted by atomic mass is 16.3. The van der Waals surface area contributed by atoms with Gasteiger partial charge in [0, 0.05) is 19.3 Å². The number of amides is 1. The van der Waals surface area contributed by atoms with Crippen LogP contribution in [0.2, 0.25) is 0 Å². The maximum atomic E-state index is 10.8. The van der Waals surface area contributed by atoms with E-state index in [4.69, 9.17) is 5.11 Å². The molecule has 1 amide bonds. The third kappa shape index (κ3) is 1.10. The van der Waals surface area contributed by atoms with Gasteiger partial charge < -0.3 is 15.4 Å². The molecule has 1 aromatic heterocycles. The number of carbonyl (C=O) groups excluding carboxylic acids is 1. The number of rotatable bonds is 1. The van der Waals surface area contributed by atoms with E-state index < -0.39 is 0 Å². The van der Waals surface area contributed by atoms with Gasteiger partial charge in [-0.25, -0.2) is 0 Å². The summed E-state index contributed by atoms with van der Waals surface area (Å²) in [6, 6.07) is 1.36. The van der Waals surface area contributed by atoms with Gasteiger partial charge in [0.2, 0.25) is 0 Å². The van der Waals surface area contributed by atoms with E-state index in [2.05, 4.69) is 10.3 Å². The molecule has 0 atom stereocenters. The summed E-state index contributed by atoms with van der Waals surface area (Å²) in [5, 5.41) is 11.2. The van der Waals surface area contributed by atoms with Crippen LogP contribution in [-0.4, -0.2) is 23.0 Å². The molecule has 10 heavy (non-hydrogen) atoms. The molecule has 3 N–H and O–H groups in total. The van der Waals surface area contributed by atoms with E-state index in [0.717, 1.165) is 0 Å². The molecule has 0 saturated heterocycles. The largest absolute Gasteiger partial charge is 0.506 e. The zero-order valence-electron chi connectivity index (χ0n) is 5.51.